The lowest BCUT2D eigenvalue weighted by Crippen LogP contribution is -2.24. The van der Waals surface area contributed by atoms with Crippen LogP contribution >= 0.6 is 0 Å². The van der Waals surface area contributed by atoms with E-state index in [9.17, 15) is 13.2 Å². The standard InChI is InChI=1S/C10H11F3N4/c1-6-4-8(14)16-17(6)9-3-2-7(5-15-9)10(11,12)13/h2-3,5-6H,4H2,1H3,(H2,14,16). The predicted octanol–water partition coefficient (Wildman–Crippen LogP) is 1.97. The highest BCUT2D eigenvalue weighted by Crippen LogP contribution is 2.30. The zero-order valence-corrected chi connectivity index (χ0v) is 9.07. The fraction of sp³-hybridized carbons (Fsp3) is 0.400. The number of amidine groups is 1. The van der Waals surface area contributed by atoms with Gasteiger partial charge in [-0.3, -0.25) is 0 Å². The van der Waals surface area contributed by atoms with Crippen molar-refractivity contribution in [2.75, 3.05) is 5.01 Å². The summed E-state index contributed by atoms with van der Waals surface area (Å²) in [4.78, 5) is 3.76. The summed E-state index contributed by atoms with van der Waals surface area (Å²) < 4.78 is 37.0. The van der Waals surface area contributed by atoms with Gasteiger partial charge in [0.25, 0.3) is 0 Å². The van der Waals surface area contributed by atoms with Crippen molar-refractivity contribution in [1.29, 1.82) is 0 Å². The second kappa shape index (κ2) is 3.90. The Morgan fingerprint density at radius 3 is 2.53 bits per heavy atom. The molecule has 0 fully saturated rings. The summed E-state index contributed by atoms with van der Waals surface area (Å²) in [5.41, 5.74) is 4.78. The molecule has 7 heteroatoms. The Labute approximate surface area is 95.9 Å². The van der Waals surface area contributed by atoms with Crippen LogP contribution in [-0.4, -0.2) is 16.9 Å². The molecule has 1 aromatic rings. The summed E-state index contributed by atoms with van der Waals surface area (Å²) in [6.45, 7) is 1.88. The Morgan fingerprint density at radius 2 is 2.12 bits per heavy atom. The van der Waals surface area contributed by atoms with Gasteiger partial charge in [0.1, 0.15) is 11.7 Å². The van der Waals surface area contributed by atoms with Crippen molar-refractivity contribution >= 4 is 11.7 Å². The highest BCUT2D eigenvalue weighted by molar-refractivity contribution is 5.84. The van der Waals surface area contributed by atoms with Crippen molar-refractivity contribution in [3.63, 3.8) is 0 Å². The first kappa shape index (κ1) is 11.7. The van der Waals surface area contributed by atoms with Crippen molar-refractivity contribution in [1.82, 2.24) is 4.98 Å². The van der Waals surface area contributed by atoms with Crippen molar-refractivity contribution < 1.29 is 13.2 Å². The number of hydrazone groups is 1. The molecule has 1 aliphatic rings. The molecule has 1 aliphatic heterocycles. The van der Waals surface area contributed by atoms with E-state index in [1.807, 2.05) is 6.92 Å². The first-order valence-electron chi connectivity index (χ1n) is 5.03. The van der Waals surface area contributed by atoms with Gasteiger partial charge in [-0.2, -0.15) is 18.3 Å². The molecule has 17 heavy (non-hydrogen) atoms. The number of nitrogens with two attached hydrogens (primary N) is 1. The molecular formula is C10H11F3N4. The third-order valence-electron chi connectivity index (χ3n) is 2.47. The van der Waals surface area contributed by atoms with E-state index >= 15 is 0 Å². The minimum absolute atomic E-state index is 0.0132. The van der Waals surface area contributed by atoms with Gasteiger partial charge in [0, 0.05) is 12.6 Å². The fourth-order valence-electron chi connectivity index (χ4n) is 1.63. The highest BCUT2D eigenvalue weighted by atomic mass is 19.4. The smallest absolute Gasteiger partial charge is 0.386 e. The topological polar surface area (TPSA) is 54.5 Å². The number of nitrogens with zero attached hydrogens (tertiary/aromatic N) is 3. The van der Waals surface area contributed by atoms with E-state index in [1.54, 1.807) is 0 Å². The van der Waals surface area contributed by atoms with Gasteiger partial charge < -0.3 is 5.73 Å². The number of aromatic nitrogens is 1. The second-order valence-electron chi connectivity index (χ2n) is 3.89. The molecule has 2 heterocycles. The van der Waals surface area contributed by atoms with Crippen molar-refractivity contribution in [3.05, 3.63) is 23.9 Å². The summed E-state index contributed by atoms with van der Waals surface area (Å²) in [5, 5.41) is 5.54. The van der Waals surface area contributed by atoms with Gasteiger partial charge in [-0.15, -0.1) is 0 Å². The summed E-state index contributed by atoms with van der Waals surface area (Å²) in [6, 6.07) is 2.29. The molecule has 0 saturated carbocycles. The van der Waals surface area contributed by atoms with Crippen molar-refractivity contribution in [2.24, 2.45) is 10.8 Å². The largest absolute Gasteiger partial charge is 0.417 e. The van der Waals surface area contributed by atoms with Crippen LogP contribution < -0.4 is 10.7 Å². The molecule has 1 atom stereocenters. The molecule has 0 saturated heterocycles. The van der Waals surface area contributed by atoms with Crippen LogP contribution in [0.1, 0.15) is 18.9 Å². The molecule has 0 spiro atoms. The van der Waals surface area contributed by atoms with Crippen LogP contribution in [0, 0.1) is 0 Å². The maximum atomic E-state index is 12.3. The molecule has 0 aromatic carbocycles. The Bertz CT molecular complexity index is 438. The Balaban J connectivity index is 2.24. The van der Waals surface area contributed by atoms with Crippen molar-refractivity contribution in [2.45, 2.75) is 25.6 Å². The normalized spacial score (nSPS) is 20.6. The molecule has 2 N–H and O–H groups in total. The average molecular weight is 244 g/mol. The van der Waals surface area contributed by atoms with Crippen LogP contribution in [0.2, 0.25) is 0 Å². The molecule has 1 aromatic heterocycles. The molecule has 92 valence electrons. The Hall–Kier alpha value is -1.79. The summed E-state index contributed by atoms with van der Waals surface area (Å²) >= 11 is 0. The molecule has 0 aliphatic carbocycles. The number of hydrogen-bond acceptors (Lipinski definition) is 4. The molecule has 0 radical (unpaired) electrons. The summed E-state index contributed by atoms with van der Waals surface area (Å²) in [7, 11) is 0. The first-order chi connectivity index (χ1) is 7.88. The Morgan fingerprint density at radius 1 is 1.41 bits per heavy atom. The molecule has 0 amide bonds. The minimum atomic E-state index is -4.37. The van der Waals surface area contributed by atoms with Gasteiger partial charge in [-0.05, 0) is 19.1 Å². The quantitative estimate of drug-likeness (QED) is 0.821. The van der Waals surface area contributed by atoms with Crippen LogP contribution in [0.25, 0.3) is 0 Å². The van der Waals surface area contributed by atoms with E-state index in [1.165, 1.54) is 11.1 Å². The molecular weight excluding hydrogens is 233 g/mol. The van der Waals surface area contributed by atoms with E-state index in [0.717, 1.165) is 12.3 Å². The van der Waals surface area contributed by atoms with Crippen LogP contribution in [0.3, 0.4) is 0 Å². The molecule has 2 rings (SSSR count). The number of hydrogen-bond donors (Lipinski definition) is 1. The third kappa shape index (κ3) is 2.32. The number of halogens is 3. The first-order valence-corrected chi connectivity index (χ1v) is 5.03. The van der Waals surface area contributed by atoms with Crippen LogP contribution in [0.5, 0.6) is 0 Å². The lowest BCUT2D eigenvalue weighted by molar-refractivity contribution is -0.137. The number of pyridine rings is 1. The SMILES string of the molecule is CC1CC(N)=NN1c1ccc(C(F)(F)F)cn1. The maximum absolute atomic E-state index is 12.3. The van der Waals surface area contributed by atoms with Crippen LogP contribution in [0.15, 0.2) is 23.4 Å². The van der Waals surface area contributed by atoms with Gasteiger partial charge in [0.15, 0.2) is 0 Å². The zero-order chi connectivity index (χ0) is 12.6. The number of anilines is 1. The Kier molecular flexibility index (Phi) is 2.68. The average Bonchev–Trinajstić information content (AvgIpc) is 2.57. The van der Waals surface area contributed by atoms with Gasteiger partial charge in [0.2, 0.25) is 0 Å². The highest BCUT2D eigenvalue weighted by Gasteiger charge is 2.31. The maximum Gasteiger partial charge on any atom is 0.417 e. The van der Waals surface area contributed by atoms with Gasteiger partial charge in [0.05, 0.1) is 11.6 Å². The fourth-order valence-corrected chi connectivity index (χ4v) is 1.63. The summed E-state index contributed by atoms with van der Waals surface area (Å²) in [6.07, 6.45) is -2.99. The van der Waals surface area contributed by atoms with Crippen LogP contribution in [-0.2, 0) is 6.18 Å². The predicted molar refractivity (Wildman–Crippen MR) is 57.4 cm³/mol. The monoisotopic (exact) mass is 244 g/mol. The van der Waals surface area contributed by atoms with Gasteiger partial charge in [-0.25, -0.2) is 9.99 Å². The van der Waals surface area contributed by atoms with E-state index in [4.69, 9.17) is 5.73 Å². The number of rotatable bonds is 1. The van der Waals surface area contributed by atoms with E-state index in [0.29, 0.717) is 18.1 Å². The minimum Gasteiger partial charge on any atom is -0.386 e. The second-order valence-corrected chi connectivity index (χ2v) is 3.89. The van der Waals surface area contributed by atoms with Gasteiger partial charge in [-0.1, -0.05) is 0 Å². The summed E-state index contributed by atoms with van der Waals surface area (Å²) in [5.74, 6) is 0.824. The van der Waals surface area contributed by atoms with E-state index in [2.05, 4.69) is 10.1 Å². The van der Waals surface area contributed by atoms with Gasteiger partial charge >= 0.3 is 6.18 Å². The lowest BCUT2D eigenvalue weighted by atomic mass is 10.2. The molecule has 1 unspecified atom stereocenters. The van der Waals surface area contributed by atoms with E-state index in [-0.39, 0.29) is 6.04 Å². The molecule has 4 nitrogen and oxygen atoms in total. The third-order valence-corrected chi connectivity index (χ3v) is 2.47. The van der Waals surface area contributed by atoms with Crippen molar-refractivity contribution in [3.8, 4) is 0 Å². The lowest BCUT2D eigenvalue weighted by Gasteiger charge is -2.18. The number of alkyl halides is 3. The van der Waals surface area contributed by atoms with E-state index < -0.39 is 11.7 Å². The van der Waals surface area contributed by atoms with Crippen LogP contribution in [0.4, 0.5) is 19.0 Å². The molecule has 0 bridgehead atoms. The zero-order valence-electron chi connectivity index (χ0n) is 9.07.